The summed E-state index contributed by atoms with van der Waals surface area (Å²) >= 11 is 0. The third-order valence-electron chi connectivity index (χ3n) is 4.05. The minimum atomic E-state index is -0.131. The molecule has 0 saturated heterocycles. The van der Waals surface area contributed by atoms with Crippen LogP contribution in [0.3, 0.4) is 0 Å². The Kier molecular flexibility index (Phi) is 3.34. The van der Waals surface area contributed by atoms with E-state index in [1.54, 1.807) is 0 Å². The van der Waals surface area contributed by atoms with Crippen molar-refractivity contribution < 1.29 is 14.3 Å². The highest BCUT2D eigenvalue weighted by Crippen LogP contribution is 2.33. The van der Waals surface area contributed by atoms with Gasteiger partial charge in [0, 0.05) is 0 Å². The number of nitrogens with zero attached hydrogens (tertiary/aromatic N) is 2. The number of hydrazone groups is 1. The SMILES string of the molecule is CC1=NN(c2ccc(C)cc2)C(=O)/C1=C/c1ccc2c(c1)OCO2. The Labute approximate surface area is 139 Å². The Hall–Kier alpha value is -3.08. The number of hydrogen-bond donors (Lipinski definition) is 0. The molecule has 0 fully saturated rings. The van der Waals surface area contributed by atoms with E-state index in [1.807, 2.05) is 62.4 Å². The van der Waals surface area contributed by atoms with E-state index in [0.717, 1.165) is 22.6 Å². The molecule has 0 bridgehead atoms. The fourth-order valence-corrected chi connectivity index (χ4v) is 2.71. The third-order valence-corrected chi connectivity index (χ3v) is 4.05. The molecule has 0 spiro atoms. The van der Waals surface area contributed by atoms with Gasteiger partial charge in [-0.15, -0.1) is 0 Å². The van der Waals surface area contributed by atoms with Gasteiger partial charge in [0.15, 0.2) is 11.5 Å². The molecule has 0 aromatic heterocycles. The fourth-order valence-electron chi connectivity index (χ4n) is 2.71. The van der Waals surface area contributed by atoms with Crippen LogP contribution in [0.1, 0.15) is 18.1 Å². The molecule has 0 radical (unpaired) electrons. The van der Waals surface area contributed by atoms with Crippen molar-refractivity contribution in [2.24, 2.45) is 5.10 Å². The van der Waals surface area contributed by atoms with E-state index in [2.05, 4.69) is 5.10 Å². The highest BCUT2D eigenvalue weighted by Gasteiger charge is 2.28. The van der Waals surface area contributed by atoms with Crippen molar-refractivity contribution >= 4 is 23.4 Å². The van der Waals surface area contributed by atoms with E-state index in [4.69, 9.17) is 9.47 Å². The van der Waals surface area contributed by atoms with Gasteiger partial charge >= 0.3 is 0 Å². The molecular weight excluding hydrogens is 304 g/mol. The van der Waals surface area contributed by atoms with Crippen LogP contribution in [0.5, 0.6) is 11.5 Å². The van der Waals surface area contributed by atoms with Gasteiger partial charge in [-0.25, -0.2) is 0 Å². The Morgan fingerprint density at radius 2 is 1.79 bits per heavy atom. The normalized spacial score (nSPS) is 17.6. The predicted molar refractivity (Wildman–Crippen MR) is 92.3 cm³/mol. The van der Waals surface area contributed by atoms with Gasteiger partial charge in [-0.3, -0.25) is 4.79 Å². The minimum absolute atomic E-state index is 0.131. The van der Waals surface area contributed by atoms with Crippen LogP contribution in [0.15, 0.2) is 53.1 Å². The van der Waals surface area contributed by atoms with E-state index < -0.39 is 0 Å². The van der Waals surface area contributed by atoms with Gasteiger partial charge in [-0.2, -0.15) is 10.1 Å². The molecule has 5 heteroatoms. The molecule has 24 heavy (non-hydrogen) atoms. The molecular formula is C19H16N2O3. The van der Waals surface area contributed by atoms with Gasteiger partial charge < -0.3 is 9.47 Å². The molecule has 0 N–H and O–H groups in total. The van der Waals surface area contributed by atoms with Crippen molar-refractivity contribution in [2.75, 3.05) is 11.8 Å². The zero-order chi connectivity index (χ0) is 16.7. The second-order valence-corrected chi connectivity index (χ2v) is 5.81. The summed E-state index contributed by atoms with van der Waals surface area (Å²) in [6.45, 7) is 4.08. The van der Waals surface area contributed by atoms with Gasteiger partial charge in [0.2, 0.25) is 6.79 Å². The van der Waals surface area contributed by atoms with Crippen LogP contribution in [0.4, 0.5) is 5.69 Å². The van der Waals surface area contributed by atoms with Gasteiger partial charge in [0.1, 0.15) is 0 Å². The lowest BCUT2D eigenvalue weighted by atomic mass is 10.1. The van der Waals surface area contributed by atoms with Crippen LogP contribution in [-0.4, -0.2) is 18.4 Å². The monoisotopic (exact) mass is 320 g/mol. The van der Waals surface area contributed by atoms with E-state index in [1.165, 1.54) is 5.01 Å². The van der Waals surface area contributed by atoms with Gasteiger partial charge in [-0.05, 0) is 49.8 Å². The summed E-state index contributed by atoms with van der Waals surface area (Å²) in [5.41, 5.74) is 4.05. The highest BCUT2D eigenvalue weighted by molar-refractivity contribution is 6.32. The van der Waals surface area contributed by atoms with Crippen molar-refractivity contribution in [1.29, 1.82) is 0 Å². The van der Waals surface area contributed by atoms with Gasteiger partial charge in [-0.1, -0.05) is 23.8 Å². The van der Waals surface area contributed by atoms with Gasteiger partial charge in [0.25, 0.3) is 5.91 Å². The number of ether oxygens (including phenoxy) is 2. The van der Waals surface area contributed by atoms with Crippen LogP contribution in [0, 0.1) is 6.92 Å². The summed E-state index contributed by atoms with van der Waals surface area (Å²) in [6, 6.07) is 13.3. The molecule has 2 aromatic rings. The molecule has 0 saturated carbocycles. The lowest BCUT2D eigenvalue weighted by molar-refractivity contribution is -0.114. The standard InChI is InChI=1S/C19H16N2O3/c1-12-3-6-15(7-4-12)21-19(22)16(13(2)20-21)9-14-5-8-17-18(10-14)24-11-23-17/h3-10H,11H2,1-2H3/b16-9+. The van der Waals surface area contributed by atoms with Crippen molar-refractivity contribution in [3.8, 4) is 11.5 Å². The molecule has 0 unspecified atom stereocenters. The van der Waals surface area contributed by atoms with Crippen LogP contribution < -0.4 is 14.5 Å². The first kappa shape index (κ1) is 14.5. The molecule has 0 atom stereocenters. The number of fused-ring (bicyclic) bond motifs is 1. The number of rotatable bonds is 2. The predicted octanol–water partition coefficient (Wildman–Crippen LogP) is 3.53. The molecule has 120 valence electrons. The average molecular weight is 320 g/mol. The van der Waals surface area contributed by atoms with Crippen LogP contribution >= 0.6 is 0 Å². The Morgan fingerprint density at radius 3 is 2.58 bits per heavy atom. The molecule has 0 aliphatic carbocycles. The number of carbonyl (C=O) groups excluding carboxylic acids is 1. The lowest BCUT2D eigenvalue weighted by Gasteiger charge is -2.11. The molecule has 5 nitrogen and oxygen atoms in total. The number of benzene rings is 2. The Balaban J connectivity index is 1.66. The lowest BCUT2D eigenvalue weighted by Crippen LogP contribution is -2.21. The molecule has 2 aliphatic rings. The van der Waals surface area contributed by atoms with E-state index in [0.29, 0.717) is 17.0 Å². The van der Waals surface area contributed by atoms with E-state index >= 15 is 0 Å². The molecule has 1 amide bonds. The van der Waals surface area contributed by atoms with Crippen molar-refractivity contribution in [3.63, 3.8) is 0 Å². The first-order valence-electron chi connectivity index (χ1n) is 7.70. The van der Waals surface area contributed by atoms with Crippen molar-refractivity contribution in [2.45, 2.75) is 13.8 Å². The Bertz CT molecular complexity index is 882. The molecule has 2 aromatic carbocycles. The minimum Gasteiger partial charge on any atom is -0.454 e. The third kappa shape index (κ3) is 2.44. The summed E-state index contributed by atoms with van der Waals surface area (Å²) in [5.74, 6) is 1.29. The zero-order valence-corrected chi connectivity index (χ0v) is 13.4. The number of amides is 1. The van der Waals surface area contributed by atoms with Crippen LogP contribution in [0.25, 0.3) is 6.08 Å². The van der Waals surface area contributed by atoms with E-state index in [-0.39, 0.29) is 12.7 Å². The molecule has 4 rings (SSSR count). The quantitative estimate of drug-likeness (QED) is 0.795. The van der Waals surface area contributed by atoms with E-state index in [9.17, 15) is 4.79 Å². The fraction of sp³-hybridized carbons (Fsp3) is 0.158. The number of aryl methyl sites for hydroxylation is 1. The maximum absolute atomic E-state index is 12.7. The van der Waals surface area contributed by atoms with Crippen molar-refractivity contribution in [3.05, 3.63) is 59.2 Å². The number of anilines is 1. The maximum Gasteiger partial charge on any atom is 0.280 e. The number of hydrogen-bond acceptors (Lipinski definition) is 4. The van der Waals surface area contributed by atoms with Crippen LogP contribution in [0.2, 0.25) is 0 Å². The summed E-state index contributed by atoms with van der Waals surface area (Å²) in [7, 11) is 0. The number of carbonyl (C=O) groups is 1. The molecule has 2 aliphatic heterocycles. The summed E-state index contributed by atoms with van der Waals surface area (Å²) in [4.78, 5) is 12.7. The average Bonchev–Trinajstić information content (AvgIpc) is 3.15. The largest absolute Gasteiger partial charge is 0.454 e. The first-order chi connectivity index (χ1) is 11.6. The summed E-state index contributed by atoms with van der Waals surface area (Å²) in [6.07, 6.45) is 1.83. The van der Waals surface area contributed by atoms with Crippen LogP contribution in [-0.2, 0) is 4.79 Å². The summed E-state index contributed by atoms with van der Waals surface area (Å²) in [5, 5.41) is 5.83. The summed E-state index contributed by atoms with van der Waals surface area (Å²) < 4.78 is 10.7. The zero-order valence-electron chi connectivity index (χ0n) is 13.4. The Morgan fingerprint density at radius 1 is 1.04 bits per heavy atom. The van der Waals surface area contributed by atoms with Gasteiger partial charge in [0.05, 0.1) is 17.0 Å². The second kappa shape index (κ2) is 5.53. The molecule has 2 heterocycles. The van der Waals surface area contributed by atoms with Crippen molar-refractivity contribution in [1.82, 2.24) is 0 Å². The second-order valence-electron chi connectivity index (χ2n) is 5.81. The first-order valence-corrected chi connectivity index (χ1v) is 7.70. The highest BCUT2D eigenvalue weighted by atomic mass is 16.7. The maximum atomic E-state index is 12.7. The smallest absolute Gasteiger partial charge is 0.280 e. The topological polar surface area (TPSA) is 51.1 Å².